The van der Waals surface area contributed by atoms with Crippen LogP contribution in [0.3, 0.4) is 0 Å². The van der Waals surface area contributed by atoms with Crippen LogP contribution < -0.4 is 10.1 Å². The third-order valence-corrected chi connectivity index (χ3v) is 6.85. The maximum absolute atomic E-state index is 13.1. The first-order valence-corrected chi connectivity index (χ1v) is 11.4. The van der Waals surface area contributed by atoms with Gasteiger partial charge in [0.1, 0.15) is 5.75 Å². The molecule has 0 radical (unpaired) electrons. The molecule has 1 aliphatic carbocycles. The maximum atomic E-state index is 13.1. The average molecular weight is 421 g/mol. The molecule has 1 N–H and O–H groups in total. The van der Waals surface area contributed by atoms with E-state index in [9.17, 15) is 9.59 Å². The number of methoxy groups -OCH3 is 1. The van der Waals surface area contributed by atoms with Gasteiger partial charge in [-0.05, 0) is 49.8 Å². The molecule has 2 aromatic carbocycles. The van der Waals surface area contributed by atoms with Crippen molar-refractivity contribution in [1.82, 2.24) is 10.2 Å². The Bertz CT molecular complexity index is 936. The van der Waals surface area contributed by atoms with E-state index in [1.807, 2.05) is 36.1 Å². The Hall–Kier alpha value is -2.82. The maximum Gasteiger partial charge on any atom is 0.228 e. The summed E-state index contributed by atoms with van der Waals surface area (Å²) in [7, 11) is 1.68. The van der Waals surface area contributed by atoms with Crippen LogP contribution >= 0.6 is 0 Å². The molecule has 1 heterocycles. The van der Waals surface area contributed by atoms with Crippen LogP contribution in [0.2, 0.25) is 0 Å². The number of nitrogens with one attached hydrogen (secondary N) is 1. The van der Waals surface area contributed by atoms with Crippen molar-refractivity contribution in [2.75, 3.05) is 26.7 Å². The molecule has 2 aromatic rings. The van der Waals surface area contributed by atoms with Crippen molar-refractivity contribution < 1.29 is 14.3 Å². The molecule has 5 nitrogen and oxygen atoms in total. The van der Waals surface area contributed by atoms with Gasteiger partial charge < -0.3 is 15.0 Å². The molecule has 5 heteroatoms. The van der Waals surface area contributed by atoms with Crippen LogP contribution in [0.1, 0.15) is 38.2 Å². The quantitative estimate of drug-likeness (QED) is 0.735. The third kappa shape index (κ3) is 4.32. The van der Waals surface area contributed by atoms with Crippen LogP contribution in [0, 0.1) is 11.3 Å². The zero-order valence-corrected chi connectivity index (χ0v) is 18.5. The van der Waals surface area contributed by atoms with Crippen LogP contribution in [0.25, 0.3) is 11.1 Å². The number of rotatable bonds is 7. The molecule has 0 aromatic heterocycles. The standard InChI is InChI=1S/C26H32N2O3/c1-3-27-25(30)26(15-16-28(18-26)24(29)21-7-6-8-21)17-19-11-13-20(14-12-19)22-9-4-5-10-23(22)31-2/h4-5,9-14,21H,3,6-8,15-18H2,1-2H3,(H,27,30)/t26-/m1/s1. The van der Waals surface area contributed by atoms with E-state index in [2.05, 4.69) is 29.6 Å². The number of carbonyl (C=O) groups is 2. The number of hydrogen-bond acceptors (Lipinski definition) is 3. The fourth-order valence-electron chi connectivity index (χ4n) is 4.81. The molecular formula is C26H32N2O3. The highest BCUT2D eigenvalue weighted by molar-refractivity contribution is 5.86. The van der Waals surface area contributed by atoms with Gasteiger partial charge in [-0.3, -0.25) is 9.59 Å². The smallest absolute Gasteiger partial charge is 0.228 e. The minimum atomic E-state index is -0.554. The lowest BCUT2D eigenvalue weighted by molar-refractivity contribution is -0.138. The van der Waals surface area contributed by atoms with Crippen LogP contribution in [0.5, 0.6) is 5.75 Å². The summed E-state index contributed by atoms with van der Waals surface area (Å²) in [5.41, 5.74) is 2.69. The average Bonchev–Trinajstić information content (AvgIpc) is 3.19. The first kappa shape index (κ1) is 21.4. The molecule has 1 atom stereocenters. The van der Waals surface area contributed by atoms with Gasteiger partial charge >= 0.3 is 0 Å². The second kappa shape index (κ2) is 9.13. The van der Waals surface area contributed by atoms with Gasteiger partial charge in [0.15, 0.2) is 0 Å². The van der Waals surface area contributed by atoms with E-state index in [1.165, 1.54) is 0 Å². The van der Waals surface area contributed by atoms with Crippen molar-refractivity contribution in [3.8, 4) is 16.9 Å². The first-order chi connectivity index (χ1) is 15.1. The number of benzene rings is 2. The first-order valence-electron chi connectivity index (χ1n) is 11.4. The van der Waals surface area contributed by atoms with Crippen molar-refractivity contribution >= 4 is 11.8 Å². The second-order valence-electron chi connectivity index (χ2n) is 8.85. The van der Waals surface area contributed by atoms with Crippen molar-refractivity contribution in [3.63, 3.8) is 0 Å². The summed E-state index contributed by atoms with van der Waals surface area (Å²) < 4.78 is 5.49. The summed E-state index contributed by atoms with van der Waals surface area (Å²) in [4.78, 5) is 27.8. The Kier molecular flexibility index (Phi) is 6.30. The molecule has 4 rings (SSSR count). The topological polar surface area (TPSA) is 58.6 Å². The molecule has 2 aliphatic rings. The number of amides is 2. The van der Waals surface area contributed by atoms with Crippen molar-refractivity contribution in [2.45, 2.75) is 39.0 Å². The Balaban J connectivity index is 1.53. The summed E-state index contributed by atoms with van der Waals surface area (Å²) >= 11 is 0. The second-order valence-corrected chi connectivity index (χ2v) is 8.85. The fraction of sp³-hybridized carbons (Fsp3) is 0.462. The van der Waals surface area contributed by atoms with Gasteiger partial charge in [0, 0.05) is 31.1 Å². The minimum Gasteiger partial charge on any atom is -0.496 e. The lowest BCUT2D eigenvalue weighted by Gasteiger charge is -2.31. The van der Waals surface area contributed by atoms with E-state index in [4.69, 9.17) is 4.74 Å². The van der Waals surface area contributed by atoms with Crippen molar-refractivity contribution in [2.24, 2.45) is 11.3 Å². The number of hydrogen-bond donors (Lipinski definition) is 1. The van der Waals surface area contributed by atoms with Gasteiger partial charge in [-0.2, -0.15) is 0 Å². The molecule has 164 valence electrons. The van der Waals surface area contributed by atoms with E-state index in [0.717, 1.165) is 41.7 Å². The lowest BCUT2D eigenvalue weighted by Crippen LogP contribution is -2.46. The Morgan fingerprint density at radius 2 is 1.87 bits per heavy atom. The predicted molar refractivity (Wildman–Crippen MR) is 122 cm³/mol. The van der Waals surface area contributed by atoms with Gasteiger partial charge in [-0.1, -0.05) is 48.9 Å². The highest BCUT2D eigenvalue weighted by Crippen LogP contribution is 2.38. The Morgan fingerprint density at radius 1 is 1.13 bits per heavy atom. The number of likely N-dealkylation sites (tertiary alicyclic amines) is 1. The summed E-state index contributed by atoms with van der Waals surface area (Å²) in [6.45, 7) is 3.73. The molecule has 2 amide bonds. The summed E-state index contributed by atoms with van der Waals surface area (Å²) in [5.74, 6) is 1.32. The van der Waals surface area contributed by atoms with Gasteiger partial charge in [0.2, 0.25) is 11.8 Å². The van der Waals surface area contributed by atoms with Gasteiger partial charge in [-0.25, -0.2) is 0 Å². The summed E-state index contributed by atoms with van der Waals surface area (Å²) in [6.07, 6.45) is 4.48. The highest BCUT2D eigenvalue weighted by Gasteiger charge is 2.47. The van der Waals surface area contributed by atoms with Gasteiger partial charge in [0.25, 0.3) is 0 Å². The number of ether oxygens (including phenoxy) is 1. The van der Waals surface area contributed by atoms with E-state index < -0.39 is 5.41 Å². The van der Waals surface area contributed by atoms with Crippen LogP contribution in [-0.2, 0) is 16.0 Å². The van der Waals surface area contributed by atoms with E-state index in [1.54, 1.807) is 7.11 Å². The molecule has 1 saturated carbocycles. The molecule has 31 heavy (non-hydrogen) atoms. The Labute approximate surface area is 184 Å². The minimum absolute atomic E-state index is 0.0627. The molecule has 1 aliphatic heterocycles. The van der Waals surface area contributed by atoms with Gasteiger partial charge in [0.05, 0.1) is 12.5 Å². The summed E-state index contributed by atoms with van der Waals surface area (Å²) in [6, 6.07) is 16.3. The zero-order chi connectivity index (χ0) is 21.8. The molecule has 0 spiro atoms. The SMILES string of the molecule is CCNC(=O)[C@@]1(Cc2ccc(-c3ccccc3OC)cc2)CCN(C(=O)C2CCC2)C1. The van der Waals surface area contributed by atoms with Crippen LogP contribution in [-0.4, -0.2) is 43.5 Å². The largest absolute Gasteiger partial charge is 0.496 e. The highest BCUT2D eigenvalue weighted by atomic mass is 16.5. The normalized spacial score (nSPS) is 20.9. The lowest BCUT2D eigenvalue weighted by atomic mass is 9.79. The van der Waals surface area contributed by atoms with Gasteiger partial charge in [-0.15, -0.1) is 0 Å². The molecular weight excluding hydrogens is 388 g/mol. The van der Waals surface area contributed by atoms with Crippen molar-refractivity contribution in [3.05, 3.63) is 54.1 Å². The fourth-order valence-corrected chi connectivity index (χ4v) is 4.81. The molecule has 0 bridgehead atoms. The van der Waals surface area contributed by atoms with Crippen LogP contribution in [0.4, 0.5) is 0 Å². The van der Waals surface area contributed by atoms with Crippen LogP contribution in [0.15, 0.2) is 48.5 Å². The van der Waals surface area contributed by atoms with E-state index in [0.29, 0.717) is 32.5 Å². The third-order valence-electron chi connectivity index (χ3n) is 6.85. The molecule has 1 saturated heterocycles. The molecule has 2 fully saturated rings. The summed E-state index contributed by atoms with van der Waals surface area (Å²) in [5, 5.41) is 3.02. The van der Waals surface area contributed by atoms with E-state index >= 15 is 0 Å². The number of para-hydroxylation sites is 1. The monoisotopic (exact) mass is 420 g/mol. The molecule has 0 unspecified atom stereocenters. The van der Waals surface area contributed by atoms with Crippen molar-refractivity contribution in [1.29, 1.82) is 0 Å². The zero-order valence-electron chi connectivity index (χ0n) is 18.5. The number of nitrogens with zero attached hydrogens (tertiary/aromatic N) is 1. The number of carbonyl (C=O) groups excluding carboxylic acids is 2. The predicted octanol–water partition coefficient (Wildman–Crippen LogP) is 4.06. The Morgan fingerprint density at radius 3 is 2.52 bits per heavy atom. The van der Waals surface area contributed by atoms with E-state index in [-0.39, 0.29) is 17.7 Å².